The van der Waals surface area contributed by atoms with Gasteiger partial charge in [0.05, 0.1) is 5.71 Å². The van der Waals surface area contributed by atoms with Crippen molar-refractivity contribution in [3.63, 3.8) is 0 Å². The van der Waals surface area contributed by atoms with E-state index < -0.39 is 29.3 Å². The highest BCUT2D eigenvalue weighted by Crippen LogP contribution is 2.49. The maximum Gasteiger partial charge on any atom is 0.400 e. The molecular weight excluding hydrogens is 463 g/mol. The molecule has 1 unspecified atom stereocenters. The fraction of sp³-hybridized carbons (Fsp3) is 0.364. The van der Waals surface area contributed by atoms with Gasteiger partial charge in [0, 0.05) is 10.9 Å². The second-order valence-electron chi connectivity index (χ2n) is 8.09. The number of esters is 1. The van der Waals surface area contributed by atoms with Crippen LogP contribution in [0.15, 0.2) is 64.2 Å². The Morgan fingerprint density at radius 2 is 1.70 bits per heavy atom. The zero-order chi connectivity index (χ0) is 22.2. The van der Waals surface area contributed by atoms with E-state index in [0.29, 0.717) is 10.0 Å². The summed E-state index contributed by atoms with van der Waals surface area (Å²) in [7, 11) is 0. The Hall–Kier alpha value is -2.35. The molecule has 2 aromatic rings. The van der Waals surface area contributed by atoms with Crippen LogP contribution in [0.2, 0.25) is 0 Å². The fourth-order valence-corrected chi connectivity index (χ4v) is 3.62. The maximum atomic E-state index is 14.4. The van der Waals surface area contributed by atoms with Crippen molar-refractivity contribution in [1.29, 1.82) is 0 Å². The van der Waals surface area contributed by atoms with E-state index in [1.54, 1.807) is 51.1 Å². The molecule has 30 heavy (non-hydrogen) atoms. The van der Waals surface area contributed by atoms with E-state index in [1.165, 1.54) is 24.3 Å². The molecule has 8 heteroatoms. The molecule has 4 nitrogen and oxygen atoms in total. The number of carbonyl (C=O) groups is 1. The molecule has 1 aliphatic heterocycles. The van der Waals surface area contributed by atoms with Crippen LogP contribution < -0.4 is 0 Å². The summed E-state index contributed by atoms with van der Waals surface area (Å²) in [5.41, 5.74) is -2.64. The zero-order valence-electron chi connectivity index (χ0n) is 16.7. The van der Waals surface area contributed by atoms with Crippen LogP contribution in [-0.4, -0.2) is 29.1 Å². The summed E-state index contributed by atoms with van der Waals surface area (Å²) in [6.07, 6.45) is -5.15. The van der Waals surface area contributed by atoms with Gasteiger partial charge in [0.1, 0.15) is 11.5 Å². The van der Waals surface area contributed by atoms with Crippen molar-refractivity contribution in [1.82, 2.24) is 0 Å². The molecule has 3 rings (SSSR count). The van der Waals surface area contributed by atoms with Crippen LogP contribution in [-0.2, 0) is 14.4 Å². The predicted molar refractivity (Wildman–Crippen MR) is 110 cm³/mol. The summed E-state index contributed by atoms with van der Waals surface area (Å²) in [6.45, 7) is 4.78. The van der Waals surface area contributed by atoms with Gasteiger partial charge in [-0.3, -0.25) is 0 Å². The number of benzene rings is 2. The minimum absolute atomic E-state index is 0.110. The van der Waals surface area contributed by atoms with E-state index in [9.17, 15) is 18.0 Å². The van der Waals surface area contributed by atoms with Gasteiger partial charge in [-0.05, 0) is 44.0 Å². The van der Waals surface area contributed by atoms with E-state index in [1.807, 2.05) is 0 Å². The molecule has 0 amide bonds. The van der Waals surface area contributed by atoms with Gasteiger partial charge in [-0.15, -0.1) is 0 Å². The normalized spacial score (nSPS) is 20.3. The number of oxime groups is 1. The van der Waals surface area contributed by atoms with E-state index in [4.69, 9.17) is 9.57 Å². The summed E-state index contributed by atoms with van der Waals surface area (Å²) in [4.78, 5) is 18.5. The van der Waals surface area contributed by atoms with Gasteiger partial charge in [-0.25, -0.2) is 4.79 Å². The Morgan fingerprint density at radius 3 is 2.23 bits per heavy atom. The molecule has 1 aliphatic rings. The van der Waals surface area contributed by atoms with Gasteiger partial charge >= 0.3 is 12.1 Å². The molecule has 0 saturated carbocycles. The largest absolute Gasteiger partial charge is 0.457 e. The second-order valence-corrected chi connectivity index (χ2v) is 9.01. The number of ether oxygens (including phenoxy) is 1. The number of alkyl halides is 3. The van der Waals surface area contributed by atoms with Gasteiger partial charge in [-0.1, -0.05) is 63.6 Å². The summed E-state index contributed by atoms with van der Waals surface area (Å²) in [5.74, 6) is -3.37. The topological polar surface area (TPSA) is 47.9 Å². The average molecular weight is 484 g/mol. The molecule has 0 radical (unpaired) electrons. The van der Waals surface area contributed by atoms with Crippen molar-refractivity contribution in [2.45, 2.75) is 50.5 Å². The van der Waals surface area contributed by atoms with Crippen LogP contribution in [0.3, 0.4) is 0 Å². The Balaban J connectivity index is 2.11. The summed E-state index contributed by atoms with van der Waals surface area (Å²) in [5, 5.41) is 3.89. The summed E-state index contributed by atoms with van der Waals surface area (Å²) in [6, 6.07) is 14.3. The summed E-state index contributed by atoms with van der Waals surface area (Å²) >= 11 is 3.22. The Labute approximate surface area is 181 Å². The Morgan fingerprint density at radius 1 is 1.10 bits per heavy atom. The van der Waals surface area contributed by atoms with Crippen LogP contribution in [0.1, 0.15) is 44.2 Å². The minimum atomic E-state index is -4.79. The van der Waals surface area contributed by atoms with E-state index in [2.05, 4.69) is 21.1 Å². The highest BCUT2D eigenvalue weighted by atomic mass is 79.9. The van der Waals surface area contributed by atoms with Crippen LogP contribution in [0, 0.1) is 0 Å². The first-order valence-corrected chi connectivity index (χ1v) is 10.1. The van der Waals surface area contributed by atoms with Crippen molar-refractivity contribution >= 4 is 27.6 Å². The zero-order valence-corrected chi connectivity index (χ0v) is 18.3. The first-order valence-electron chi connectivity index (χ1n) is 9.28. The van der Waals surface area contributed by atoms with E-state index in [0.717, 1.165) is 0 Å². The molecule has 0 saturated heterocycles. The lowest BCUT2D eigenvalue weighted by molar-refractivity contribution is -0.223. The molecule has 0 N–H and O–H groups in total. The Kier molecular flexibility index (Phi) is 6.00. The number of carbonyl (C=O) groups excluding carboxylic acids is 1. The van der Waals surface area contributed by atoms with Crippen LogP contribution in [0.25, 0.3) is 0 Å². The van der Waals surface area contributed by atoms with Crippen molar-refractivity contribution in [2.24, 2.45) is 5.16 Å². The van der Waals surface area contributed by atoms with E-state index >= 15 is 0 Å². The predicted octanol–water partition coefficient (Wildman–Crippen LogP) is 6.00. The number of hydrogen-bond acceptors (Lipinski definition) is 4. The molecule has 0 bridgehead atoms. The smallest absolute Gasteiger partial charge is 0.400 e. The highest BCUT2D eigenvalue weighted by Gasteiger charge is 2.64. The SMILES string of the molecule is CC(C)(C)OC(=O)C1([C@H](c2ccc(Br)cc2)C(F)(F)F)CC(c2ccccc2)=NO1. The van der Waals surface area contributed by atoms with Crippen molar-refractivity contribution in [3.8, 4) is 0 Å². The standard InChI is InChI=1S/C22H21BrF3NO3/c1-20(2,3)29-19(28)21(13-17(27-30-21)14-7-5-4-6-8-14)18(22(24,25)26)15-9-11-16(23)12-10-15/h4-12,18H,13H2,1-3H3/t18-,21?/m0/s1. The molecule has 0 fully saturated rings. The van der Waals surface area contributed by atoms with Gasteiger partial charge in [0.25, 0.3) is 5.60 Å². The molecular formula is C22H21BrF3NO3. The van der Waals surface area contributed by atoms with Crippen molar-refractivity contribution < 1.29 is 27.5 Å². The van der Waals surface area contributed by atoms with Crippen LogP contribution >= 0.6 is 15.9 Å². The number of hydrogen-bond donors (Lipinski definition) is 0. The lowest BCUT2D eigenvalue weighted by Gasteiger charge is -2.36. The van der Waals surface area contributed by atoms with Crippen molar-refractivity contribution in [3.05, 3.63) is 70.2 Å². The van der Waals surface area contributed by atoms with Crippen LogP contribution in [0.5, 0.6) is 0 Å². The second kappa shape index (κ2) is 8.06. The number of halogens is 4. The van der Waals surface area contributed by atoms with Crippen molar-refractivity contribution in [2.75, 3.05) is 0 Å². The van der Waals surface area contributed by atoms with E-state index in [-0.39, 0.29) is 17.7 Å². The molecule has 1 heterocycles. The quantitative estimate of drug-likeness (QED) is 0.501. The van der Waals surface area contributed by atoms with Gasteiger partial charge in [0.15, 0.2) is 0 Å². The minimum Gasteiger partial charge on any atom is -0.457 e. The molecule has 0 aromatic heterocycles. The average Bonchev–Trinajstić information content (AvgIpc) is 3.08. The maximum absolute atomic E-state index is 14.4. The van der Waals surface area contributed by atoms with Crippen LogP contribution in [0.4, 0.5) is 13.2 Å². The number of rotatable bonds is 4. The Bertz CT molecular complexity index is 937. The van der Waals surface area contributed by atoms with Gasteiger partial charge < -0.3 is 9.57 Å². The van der Waals surface area contributed by atoms with Gasteiger partial charge in [0.2, 0.25) is 0 Å². The fourth-order valence-electron chi connectivity index (χ4n) is 3.36. The monoisotopic (exact) mass is 483 g/mol. The first-order chi connectivity index (χ1) is 13.9. The lowest BCUT2D eigenvalue weighted by Crippen LogP contribution is -2.53. The molecule has 0 spiro atoms. The first kappa shape index (κ1) is 22.3. The third-order valence-corrected chi connectivity index (χ3v) is 5.13. The third kappa shape index (κ3) is 4.69. The molecule has 0 aliphatic carbocycles. The summed E-state index contributed by atoms with van der Waals surface area (Å²) < 4.78 is 49.1. The third-order valence-electron chi connectivity index (χ3n) is 4.60. The van der Waals surface area contributed by atoms with Gasteiger partial charge in [-0.2, -0.15) is 13.2 Å². The lowest BCUT2D eigenvalue weighted by atomic mass is 9.77. The molecule has 2 aromatic carbocycles. The molecule has 2 atom stereocenters. The molecule has 160 valence electrons. The highest BCUT2D eigenvalue weighted by molar-refractivity contribution is 9.10. The number of nitrogens with zero attached hydrogens (tertiary/aromatic N) is 1.